The van der Waals surface area contributed by atoms with Crippen molar-refractivity contribution in [3.05, 3.63) is 72.3 Å². The molecule has 246 valence electrons. The van der Waals surface area contributed by atoms with Crippen molar-refractivity contribution in [2.24, 2.45) is 5.73 Å². The van der Waals surface area contributed by atoms with Crippen molar-refractivity contribution in [2.45, 2.75) is 37.8 Å². The van der Waals surface area contributed by atoms with Gasteiger partial charge < -0.3 is 15.4 Å². The van der Waals surface area contributed by atoms with E-state index in [0.717, 1.165) is 76.7 Å². The van der Waals surface area contributed by atoms with Crippen LogP contribution in [0.25, 0.3) is 31.4 Å². The van der Waals surface area contributed by atoms with Crippen molar-refractivity contribution in [3.63, 3.8) is 0 Å². The predicted molar refractivity (Wildman–Crippen MR) is 185 cm³/mol. The first kappa shape index (κ1) is 31.7. The fourth-order valence-electron chi connectivity index (χ4n) is 6.59. The van der Waals surface area contributed by atoms with Gasteiger partial charge in [-0.05, 0) is 51.1 Å². The smallest absolute Gasteiger partial charge is 0.268 e. The molecule has 2 saturated heterocycles. The standard InChI is InChI=1S/C34H39N7O4S2/c1-23-17-26-28(20-36-21-29(26)41(23)47(43,44)25-7-5-4-6-8-25)31-19-27-30(46-31)18-24(37-32(27)39-13-15-45-16-14-39)22-38-9-11-40(12-10-38)34(2,3)33(35)42/h4-8,17-21H,9-16,22H2,1-3H3,(H2,35,42). The van der Waals surface area contributed by atoms with Gasteiger partial charge in [0, 0.05) is 83.6 Å². The topological polar surface area (TPSA) is 127 Å². The van der Waals surface area contributed by atoms with E-state index in [2.05, 4.69) is 31.8 Å². The molecule has 2 N–H and O–H groups in total. The van der Waals surface area contributed by atoms with Crippen LogP contribution in [0.15, 0.2) is 65.8 Å². The average Bonchev–Trinajstić information content (AvgIpc) is 3.66. The molecule has 0 bridgehead atoms. The Labute approximate surface area is 278 Å². The summed E-state index contributed by atoms with van der Waals surface area (Å²) < 4.78 is 35.6. The van der Waals surface area contributed by atoms with Crippen molar-refractivity contribution in [3.8, 4) is 10.4 Å². The summed E-state index contributed by atoms with van der Waals surface area (Å²) in [6, 6.07) is 14.8. The number of thiophene rings is 1. The SMILES string of the molecule is Cc1cc2c(-c3cc4c(N5CCOCC5)nc(CN5CCN(C(C)(C)C(N)=O)CC5)cc4s3)cncc2n1S(=O)(=O)c1ccccc1. The van der Waals surface area contributed by atoms with Gasteiger partial charge in [0.15, 0.2) is 0 Å². The number of hydrogen-bond donors (Lipinski definition) is 1. The number of nitrogens with zero attached hydrogens (tertiary/aromatic N) is 6. The molecule has 6 heterocycles. The highest BCUT2D eigenvalue weighted by Gasteiger charge is 2.35. The molecule has 0 radical (unpaired) electrons. The zero-order valence-corrected chi connectivity index (χ0v) is 28.5. The summed E-state index contributed by atoms with van der Waals surface area (Å²) in [6.07, 6.45) is 3.45. The van der Waals surface area contributed by atoms with E-state index in [4.69, 9.17) is 15.5 Å². The van der Waals surface area contributed by atoms with E-state index >= 15 is 0 Å². The lowest BCUT2D eigenvalue weighted by Gasteiger charge is -2.42. The molecule has 4 aromatic heterocycles. The van der Waals surface area contributed by atoms with Crippen molar-refractivity contribution in [2.75, 3.05) is 57.4 Å². The fraction of sp³-hybridized carbons (Fsp3) is 0.382. The second-order valence-corrected chi connectivity index (χ2v) is 15.6. The quantitative estimate of drug-likeness (QED) is 0.259. The number of pyridine rings is 2. The summed E-state index contributed by atoms with van der Waals surface area (Å²) in [7, 11) is -3.81. The number of aryl methyl sites for hydroxylation is 1. The highest BCUT2D eigenvalue weighted by Crippen LogP contribution is 2.41. The van der Waals surface area contributed by atoms with Crippen LogP contribution in [0.4, 0.5) is 5.82 Å². The number of primary amides is 1. The molecular weight excluding hydrogens is 635 g/mol. The van der Waals surface area contributed by atoms with Crippen LogP contribution in [-0.4, -0.2) is 96.1 Å². The van der Waals surface area contributed by atoms with Gasteiger partial charge in [-0.1, -0.05) is 18.2 Å². The molecule has 0 spiro atoms. The summed E-state index contributed by atoms with van der Waals surface area (Å²) in [5.41, 5.74) is 8.04. The molecule has 1 amide bonds. The number of amides is 1. The number of carbonyl (C=O) groups is 1. The molecule has 2 fully saturated rings. The van der Waals surface area contributed by atoms with E-state index in [1.807, 2.05) is 33.0 Å². The van der Waals surface area contributed by atoms with Crippen LogP contribution >= 0.6 is 11.3 Å². The maximum atomic E-state index is 13.7. The molecule has 7 rings (SSSR count). The van der Waals surface area contributed by atoms with Crippen LogP contribution in [0, 0.1) is 6.92 Å². The molecule has 0 unspecified atom stereocenters. The zero-order chi connectivity index (χ0) is 32.9. The molecule has 0 atom stereocenters. The molecular formula is C34H39N7O4S2. The lowest BCUT2D eigenvalue weighted by molar-refractivity contribution is -0.129. The van der Waals surface area contributed by atoms with Crippen molar-refractivity contribution in [1.29, 1.82) is 0 Å². The maximum absolute atomic E-state index is 13.7. The summed E-state index contributed by atoms with van der Waals surface area (Å²) in [4.78, 5) is 29.8. The van der Waals surface area contributed by atoms with Crippen LogP contribution in [0.5, 0.6) is 0 Å². The first-order chi connectivity index (χ1) is 22.5. The number of hydrogen-bond acceptors (Lipinski definition) is 10. The van der Waals surface area contributed by atoms with Gasteiger partial charge in [-0.15, -0.1) is 11.3 Å². The lowest BCUT2D eigenvalue weighted by atomic mass is 10.0. The summed E-state index contributed by atoms with van der Waals surface area (Å²) in [6.45, 7) is 12.2. The molecule has 2 aliphatic heterocycles. The van der Waals surface area contributed by atoms with E-state index in [0.29, 0.717) is 31.0 Å². The molecule has 13 heteroatoms. The third kappa shape index (κ3) is 5.80. The van der Waals surface area contributed by atoms with Crippen LogP contribution in [0.3, 0.4) is 0 Å². The molecule has 2 aliphatic rings. The minimum Gasteiger partial charge on any atom is -0.378 e. The number of nitrogens with two attached hydrogens (primary N) is 1. The van der Waals surface area contributed by atoms with E-state index in [1.54, 1.807) is 47.9 Å². The molecule has 0 aliphatic carbocycles. The van der Waals surface area contributed by atoms with Crippen LogP contribution < -0.4 is 10.6 Å². The number of piperazine rings is 1. The summed E-state index contributed by atoms with van der Waals surface area (Å²) in [5, 5.41) is 1.90. The molecule has 11 nitrogen and oxygen atoms in total. The Morgan fingerprint density at radius 1 is 0.979 bits per heavy atom. The van der Waals surface area contributed by atoms with Crippen LogP contribution in [-0.2, 0) is 26.1 Å². The number of carbonyl (C=O) groups excluding carboxylic acids is 1. The Morgan fingerprint density at radius 2 is 1.70 bits per heavy atom. The number of rotatable bonds is 8. The van der Waals surface area contributed by atoms with Gasteiger partial charge in [0.25, 0.3) is 10.0 Å². The molecule has 5 aromatic rings. The number of anilines is 1. The number of fused-ring (bicyclic) bond motifs is 2. The van der Waals surface area contributed by atoms with Gasteiger partial charge in [-0.25, -0.2) is 17.4 Å². The fourth-order valence-corrected chi connectivity index (χ4v) is 9.28. The third-order valence-corrected chi connectivity index (χ3v) is 12.4. The highest BCUT2D eigenvalue weighted by atomic mass is 32.2. The minimum atomic E-state index is -3.81. The highest BCUT2D eigenvalue weighted by molar-refractivity contribution is 7.90. The largest absolute Gasteiger partial charge is 0.378 e. The Kier molecular flexibility index (Phi) is 8.29. The Bertz CT molecular complexity index is 2060. The van der Waals surface area contributed by atoms with E-state index in [1.165, 1.54) is 3.97 Å². The van der Waals surface area contributed by atoms with Gasteiger partial charge in [-0.3, -0.25) is 19.6 Å². The van der Waals surface area contributed by atoms with Crippen molar-refractivity contribution in [1.82, 2.24) is 23.7 Å². The second-order valence-electron chi connectivity index (χ2n) is 12.7. The van der Waals surface area contributed by atoms with E-state index in [-0.39, 0.29) is 10.8 Å². The first-order valence-corrected chi connectivity index (χ1v) is 18.1. The van der Waals surface area contributed by atoms with Gasteiger partial charge in [-0.2, -0.15) is 0 Å². The Balaban J connectivity index is 1.26. The van der Waals surface area contributed by atoms with Crippen molar-refractivity contribution < 1.29 is 17.9 Å². The van der Waals surface area contributed by atoms with Crippen LogP contribution in [0.2, 0.25) is 0 Å². The zero-order valence-electron chi connectivity index (χ0n) is 26.8. The monoisotopic (exact) mass is 673 g/mol. The number of benzene rings is 1. The molecule has 47 heavy (non-hydrogen) atoms. The van der Waals surface area contributed by atoms with Gasteiger partial charge >= 0.3 is 0 Å². The predicted octanol–water partition coefficient (Wildman–Crippen LogP) is 4.08. The average molecular weight is 674 g/mol. The normalized spacial score (nSPS) is 17.1. The summed E-state index contributed by atoms with van der Waals surface area (Å²) in [5.74, 6) is 0.634. The first-order valence-electron chi connectivity index (χ1n) is 15.8. The van der Waals surface area contributed by atoms with Crippen molar-refractivity contribution >= 4 is 54.1 Å². The summed E-state index contributed by atoms with van der Waals surface area (Å²) >= 11 is 1.67. The lowest BCUT2D eigenvalue weighted by Crippen LogP contribution is -2.59. The van der Waals surface area contributed by atoms with Crippen LogP contribution in [0.1, 0.15) is 25.2 Å². The van der Waals surface area contributed by atoms with E-state index < -0.39 is 15.6 Å². The Hall–Kier alpha value is -3.88. The number of ether oxygens (including phenoxy) is 1. The second kappa shape index (κ2) is 12.3. The number of aromatic nitrogens is 3. The number of morpholine rings is 1. The molecule has 0 saturated carbocycles. The van der Waals surface area contributed by atoms with Gasteiger partial charge in [0.05, 0.1) is 41.1 Å². The van der Waals surface area contributed by atoms with E-state index in [9.17, 15) is 13.2 Å². The maximum Gasteiger partial charge on any atom is 0.268 e. The Morgan fingerprint density at radius 3 is 2.40 bits per heavy atom. The third-order valence-electron chi connectivity index (χ3n) is 9.42. The van der Waals surface area contributed by atoms with Gasteiger partial charge in [0.1, 0.15) is 5.82 Å². The minimum absolute atomic E-state index is 0.236. The van der Waals surface area contributed by atoms with Gasteiger partial charge in [0.2, 0.25) is 5.91 Å². The molecule has 1 aromatic carbocycles.